The quantitative estimate of drug-likeness (QED) is 0.866. The molecule has 1 amide bonds. The molecule has 0 radical (unpaired) electrons. The zero-order valence-corrected chi connectivity index (χ0v) is 13.9. The summed E-state index contributed by atoms with van der Waals surface area (Å²) in [5.41, 5.74) is 1.59. The van der Waals surface area contributed by atoms with Gasteiger partial charge in [0.15, 0.2) is 0 Å². The molecule has 0 unspecified atom stereocenters. The number of nitrogens with zero attached hydrogens (tertiary/aromatic N) is 3. The number of carbonyl (C=O) groups excluding carboxylic acids is 1. The number of hydrogen-bond acceptors (Lipinski definition) is 2. The lowest BCUT2D eigenvalue weighted by Gasteiger charge is -2.23. The molecule has 1 aromatic carbocycles. The molecule has 2 aliphatic rings. The van der Waals surface area contributed by atoms with Gasteiger partial charge in [0.25, 0.3) is 0 Å². The Bertz CT molecular complexity index is 765. The average molecular weight is 327 g/mol. The van der Waals surface area contributed by atoms with Crippen molar-refractivity contribution in [2.45, 2.75) is 31.1 Å². The molecule has 2 heterocycles. The minimum atomic E-state index is -0.467. The maximum absolute atomic E-state index is 13.5. The van der Waals surface area contributed by atoms with Crippen molar-refractivity contribution < 1.29 is 9.18 Å². The highest BCUT2D eigenvalue weighted by Gasteiger charge is 2.53. The Labute approximate surface area is 141 Å². The first-order chi connectivity index (χ1) is 11.6. The molecule has 24 heavy (non-hydrogen) atoms. The van der Waals surface area contributed by atoms with Crippen LogP contribution in [0.1, 0.15) is 30.4 Å². The van der Waals surface area contributed by atoms with Crippen molar-refractivity contribution >= 4 is 5.91 Å². The van der Waals surface area contributed by atoms with E-state index in [9.17, 15) is 9.18 Å². The lowest BCUT2D eigenvalue weighted by atomic mass is 9.94. The smallest absolute Gasteiger partial charge is 0.233 e. The maximum Gasteiger partial charge on any atom is 0.233 e. The van der Waals surface area contributed by atoms with E-state index in [1.807, 2.05) is 35.1 Å². The van der Waals surface area contributed by atoms with Gasteiger partial charge in [0.05, 0.1) is 11.6 Å². The molecule has 1 aliphatic carbocycles. The molecule has 2 aromatic rings. The van der Waals surface area contributed by atoms with Crippen molar-refractivity contribution in [3.63, 3.8) is 0 Å². The fourth-order valence-electron chi connectivity index (χ4n) is 3.93. The summed E-state index contributed by atoms with van der Waals surface area (Å²) in [6, 6.07) is 6.54. The molecule has 4 rings (SSSR count). The van der Waals surface area contributed by atoms with E-state index in [2.05, 4.69) is 5.10 Å². The number of carbonyl (C=O) groups is 1. The standard InChI is InChI=1S/C19H22FN3O/c1-22-12-15(11-21-22)9-14-5-8-23(13-14)18(24)19(6-7-19)16-3-2-4-17(20)10-16/h2-4,10-12,14H,5-9,13H2,1H3/t14-/m0/s1. The molecule has 126 valence electrons. The molecule has 4 nitrogen and oxygen atoms in total. The van der Waals surface area contributed by atoms with E-state index in [0.29, 0.717) is 5.92 Å². The van der Waals surface area contributed by atoms with Crippen molar-refractivity contribution in [1.82, 2.24) is 14.7 Å². The monoisotopic (exact) mass is 327 g/mol. The third-order valence-corrected chi connectivity index (χ3v) is 5.39. The first kappa shape index (κ1) is 15.4. The van der Waals surface area contributed by atoms with Gasteiger partial charge in [-0.15, -0.1) is 0 Å². The van der Waals surface area contributed by atoms with Gasteiger partial charge in [-0.2, -0.15) is 5.10 Å². The average Bonchev–Trinajstić information content (AvgIpc) is 3.09. The van der Waals surface area contributed by atoms with Crippen molar-refractivity contribution in [2.24, 2.45) is 13.0 Å². The van der Waals surface area contributed by atoms with Crippen LogP contribution in [0.15, 0.2) is 36.7 Å². The van der Waals surface area contributed by atoms with Crippen LogP contribution in [-0.2, 0) is 23.7 Å². The summed E-state index contributed by atoms with van der Waals surface area (Å²) < 4.78 is 15.4. The van der Waals surface area contributed by atoms with Crippen molar-refractivity contribution in [1.29, 1.82) is 0 Å². The lowest BCUT2D eigenvalue weighted by molar-refractivity contribution is -0.133. The Morgan fingerprint density at radius 2 is 2.25 bits per heavy atom. The van der Waals surface area contributed by atoms with Crippen LogP contribution in [0.25, 0.3) is 0 Å². The molecule has 1 saturated heterocycles. The van der Waals surface area contributed by atoms with Gasteiger partial charge in [-0.1, -0.05) is 12.1 Å². The van der Waals surface area contributed by atoms with Gasteiger partial charge in [0, 0.05) is 26.3 Å². The lowest BCUT2D eigenvalue weighted by Crippen LogP contribution is -2.38. The van der Waals surface area contributed by atoms with Gasteiger partial charge in [-0.05, 0) is 54.9 Å². The Morgan fingerprint density at radius 3 is 2.92 bits per heavy atom. The van der Waals surface area contributed by atoms with Crippen LogP contribution in [0.5, 0.6) is 0 Å². The molecular weight excluding hydrogens is 305 g/mol. The predicted octanol–water partition coefficient (Wildman–Crippen LogP) is 2.68. The SMILES string of the molecule is Cn1cc(C[C@@H]2CCN(C(=O)C3(c4cccc(F)c4)CC3)C2)cn1. The summed E-state index contributed by atoms with van der Waals surface area (Å²) in [6.45, 7) is 1.60. The second-order valence-corrected chi connectivity index (χ2v) is 7.22. The number of rotatable bonds is 4. The van der Waals surface area contributed by atoms with Gasteiger partial charge < -0.3 is 4.90 Å². The minimum absolute atomic E-state index is 0.182. The van der Waals surface area contributed by atoms with Crippen LogP contribution < -0.4 is 0 Å². The number of benzene rings is 1. The molecule has 5 heteroatoms. The van der Waals surface area contributed by atoms with Crippen LogP contribution in [-0.4, -0.2) is 33.7 Å². The van der Waals surface area contributed by atoms with Gasteiger partial charge in [-0.25, -0.2) is 4.39 Å². The minimum Gasteiger partial charge on any atom is -0.342 e. The third-order valence-electron chi connectivity index (χ3n) is 5.39. The van der Waals surface area contributed by atoms with Gasteiger partial charge in [0.2, 0.25) is 5.91 Å². The second-order valence-electron chi connectivity index (χ2n) is 7.22. The zero-order valence-electron chi connectivity index (χ0n) is 13.9. The fraction of sp³-hybridized carbons (Fsp3) is 0.474. The fourth-order valence-corrected chi connectivity index (χ4v) is 3.93. The van der Waals surface area contributed by atoms with E-state index in [-0.39, 0.29) is 11.7 Å². The molecule has 1 aromatic heterocycles. The number of likely N-dealkylation sites (tertiary alicyclic amines) is 1. The summed E-state index contributed by atoms with van der Waals surface area (Å²) in [5.74, 6) is 0.408. The zero-order chi connectivity index (χ0) is 16.7. The highest BCUT2D eigenvalue weighted by Crippen LogP contribution is 2.50. The molecule has 1 atom stereocenters. The topological polar surface area (TPSA) is 38.1 Å². The molecule has 0 N–H and O–H groups in total. The van der Waals surface area contributed by atoms with Gasteiger partial charge >= 0.3 is 0 Å². The van der Waals surface area contributed by atoms with E-state index in [4.69, 9.17) is 0 Å². The number of hydrogen-bond donors (Lipinski definition) is 0. The van der Waals surface area contributed by atoms with Crippen LogP contribution in [0.4, 0.5) is 4.39 Å². The van der Waals surface area contributed by atoms with Crippen LogP contribution in [0.2, 0.25) is 0 Å². The molecule has 0 spiro atoms. The van der Waals surface area contributed by atoms with Crippen LogP contribution in [0.3, 0.4) is 0 Å². The normalized spacial score (nSPS) is 21.9. The largest absolute Gasteiger partial charge is 0.342 e. The Morgan fingerprint density at radius 1 is 1.42 bits per heavy atom. The molecular formula is C19H22FN3O. The number of aryl methyl sites for hydroxylation is 1. The molecule has 1 saturated carbocycles. The van der Waals surface area contributed by atoms with E-state index >= 15 is 0 Å². The van der Waals surface area contributed by atoms with Crippen molar-refractivity contribution in [2.75, 3.05) is 13.1 Å². The summed E-state index contributed by atoms with van der Waals surface area (Å²) in [5, 5.41) is 4.21. The van der Waals surface area contributed by atoms with Crippen molar-refractivity contribution in [3.8, 4) is 0 Å². The van der Waals surface area contributed by atoms with Crippen molar-refractivity contribution in [3.05, 3.63) is 53.6 Å². The number of halogens is 1. The number of amides is 1. The highest BCUT2D eigenvalue weighted by atomic mass is 19.1. The summed E-state index contributed by atoms with van der Waals surface area (Å²) in [4.78, 5) is 15.0. The summed E-state index contributed by atoms with van der Waals surface area (Å²) in [7, 11) is 1.92. The first-order valence-corrected chi connectivity index (χ1v) is 8.60. The van der Waals surface area contributed by atoms with E-state index in [1.165, 1.54) is 17.7 Å². The maximum atomic E-state index is 13.5. The third kappa shape index (κ3) is 2.72. The van der Waals surface area contributed by atoms with E-state index < -0.39 is 5.41 Å². The van der Waals surface area contributed by atoms with Crippen LogP contribution in [0, 0.1) is 11.7 Å². The first-order valence-electron chi connectivity index (χ1n) is 8.60. The Hall–Kier alpha value is -2.17. The van der Waals surface area contributed by atoms with Gasteiger partial charge in [-0.3, -0.25) is 9.48 Å². The molecule has 0 bridgehead atoms. The highest BCUT2D eigenvalue weighted by molar-refractivity contribution is 5.91. The van der Waals surface area contributed by atoms with Crippen LogP contribution >= 0.6 is 0 Å². The Balaban J connectivity index is 1.44. The summed E-state index contributed by atoms with van der Waals surface area (Å²) >= 11 is 0. The second kappa shape index (κ2) is 5.72. The summed E-state index contributed by atoms with van der Waals surface area (Å²) in [6.07, 6.45) is 7.60. The predicted molar refractivity (Wildman–Crippen MR) is 88.9 cm³/mol. The van der Waals surface area contributed by atoms with E-state index in [0.717, 1.165) is 44.3 Å². The van der Waals surface area contributed by atoms with E-state index in [1.54, 1.807) is 6.07 Å². The van der Waals surface area contributed by atoms with Gasteiger partial charge in [0.1, 0.15) is 5.82 Å². The molecule has 1 aliphatic heterocycles. The Kier molecular flexibility index (Phi) is 3.66. The molecule has 2 fully saturated rings. The number of aromatic nitrogens is 2.